The van der Waals surface area contributed by atoms with Crippen LogP contribution < -0.4 is 5.11 Å². The highest BCUT2D eigenvalue weighted by Crippen LogP contribution is 2.48. The number of allylic oxidation sites excluding steroid dienone is 1. The minimum absolute atomic E-state index is 0.0148. The second-order valence-electron chi connectivity index (χ2n) is 6.46. The summed E-state index contributed by atoms with van der Waals surface area (Å²) >= 11 is 0. The van der Waals surface area contributed by atoms with Crippen molar-refractivity contribution in [2.24, 2.45) is 23.7 Å². The molecule has 2 rings (SSSR count). The van der Waals surface area contributed by atoms with Gasteiger partial charge in [-0.2, -0.15) is 0 Å². The maximum Gasteiger partial charge on any atom is 0.119 e. The van der Waals surface area contributed by atoms with Crippen molar-refractivity contribution >= 4 is 5.97 Å². The lowest BCUT2D eigenvalue weighted by Crippen LogP contribution is -2.42. The molecule has 5 atom stereocenters. The van der Waals surface area contributed by atoms with Crippen LogP contribution in [0.25, 0.3) is 0 Å². The van der Waals surface area contributed by atoms with Crippen molar-refractivity contribution in [3.05, 3.63) is 11.6 Å². The molecular formula is C15H23O4-. The third kappa shape index (κ3) is 2.70. The highest BCUT2D eigenvalue weighted by atomic mass is 17.1. The standard InChI is InChI=1S/C15H24O4/c1-9-4-5-12(10(2)14(16)17)13-8-15(3,19-18)7-6-11(9)13/h8-12,18H,4-7H2,1-3H3,(H,16,17)/p-1/t9-,10-,11+,12+,15?/m1/s1. The van der Waals surface area contributed by atoms with Crippen molar-refractivity contribution in [2.45, 2.75) is 52.1 Å². The van der Waals surface area contributed by atoms with E-state index in [-0.39, 0.29) is 5.92 Å². The fourth-order valence-electron chi connectivity index (χ4n) is 3.72. The van der Waals surface area contributed by atoms with Gasteiger partial charge in [0.05, 0.1) is 0 Å². The Bertz CT molecular complexity index is 390. The Morgan fingerprint density at radius 3 is 2.79 bits per heavy atom. The summed E-state index contributed by atoms with van der Waals surface area (Å²) in [5, 5.41) is 20.2. The molecule has 0 spiro atoms. The zero-order chi connectivity index (χ0) is 14.2. The Morgan fingerprint density at radius 2 is 2.21 bits per heavy atom. The van der Waals surface area contributed by atoms with Crippen LogP contribution >= 0.6 is 0 Å². The van der Waals surface area contributed by atoms with Gasteiger partial charge in [-0.15, -0.1) is 0 Å². The van der Waals surface area contributed by atoms with Crippen LogP contribution in [0, 0.1) is 23.7 Å². The molecular weight excluding hydrogens is 244 g/mol. The largest absolute Gasteiger partial charge is 0.550 e. The smallest absolute Gasteiger partial charge is 0.119 e. The molecule has 0 heterocycles. The van der Waals surface area contributed by atoms with Crippen LogP contribution in [0.1, 0.15) is 46.5 Å². The first-order chi connectivity index (χ1) is 8.88. The molecule has 2 aliphatic carbocycles. The quantitative estimate of drug-likeness (QED) is 0.482. The predicted molar refractivity (Wildman–Crippen MR) is 69.0 cm³/mol. The van der Waals surface area contributed by atoms with Crippen molar-refractivity contribution in [2.75, 3.05) is 0 Å². The van der Waals surface area contributed by atoms with E-state index in [2.05, 4.69) is 11.8 Å². The van der Waals surface area contributed by atoms with E-state index in [1.54, 1.807) is 6.92 Å². The summed E-state index contributed by atoms with van der Waals surface area (Å²) in [4.78, 5) is 15.8. The molecule has 0 aliphatic heterocycles. The minimum atomic E-state index is -0.989. The van der Waals surface area contributed by atoms with E-state index in [1.165, 1.54) is 0 Å². The Kier molecular flexibility index (Phi) is 4.02. The first-order valence-electron chi connectivity index (χ1n) is 7.14. The molecule has 0 saturated heterocycles. The van der Waals surface area contributed by atoms with E-state index < -0.39 is 17.5 Å². The summed E-state index contributed by atoms with van der Waals surface area (Å²) in [7, 11) is 0. The van der Waals surface area contributed by atoms with Crippen LogP contribution in [0.3, 0.4) is 0 Å². The summed E-state index contributed by atoms with van der Waals surface area (Å²) in [6.45, 7) is 5.79. The Labute approximate surface area is 114 Å². The highest BCUT2D eigenvalue weighted by Gasteiger charge is 2.41. The first kappa shape index (κ1) is 14.5. The van der Waals surface area contributed by atoms with Gasteiger partial charge in [-0.3, -0.25) is 5.26 Å². The lowest BCUT2D eigenvalue weighted by Gasteiger charge is -2.45. The number of carbonyl (C=O) groups excluding carboxylic acids is 1. The molecule has 0 aromatic heterocycles. The van der Waals surface area contributed by atoms with Crippen molar-refractivity contribution in [1.29, 1.82) is 0 Å². The Morgan fingerprint density at radius 1 is 1.53 bits per heavy atom. The molecule has 1 fully saturated rings. The number of carbonyl (C=O) groups is 1. The van der Waals surface area contributed by atoms with Gasteiger partial charge in [-0.1, -0.05) is 25.5 Å². The second kappa shape index (κ2) is 5.25. The molecule has 0 aromatic rings. The minimum Gasteiger partial charge on any atom is -0.550 e. The van der Waals surface area contributed by atoms with Crippen LogP contribution in [0.2, 0.25) is 0 Å². The molecule has 1 saturated carbocycles. The van der Waals surface area contributed by atoms with Crippen molar-refractivity contribution < 1.29 is 20.0 Å². The normalized spacial score (nSPS) is 40.2. The van der Waals surface area contributed by atoms with Gasteiger partial charge in [0, 0.05) is 11.9 Å². The molecule has 19 heavy (non-hydrogen) atoms. The van der Waals surface area contributed by atoms with Crippen LogP contribution in [-0.4, -0.2) is 16.8 Å². The van der Waals surface area contributed by atoms with Gasteiger partial charge in [-0.25, -0.2) is 4.89 Å². The maximum atomic E-state index is 11.2. The Hall–Kier alpha value is -0.870. The van der Waals surface area contributed by atoms with E-state index in [0.717, 1.165) is 31.3 Å². The fraction of sp³-hybridized carbons (Fsp3) is 0.800. The number of aliphatic carboxylic acids is 1. The zero-order valence-electron chi connectivity index (χ0n) is 11.9. The van der Waals surface area contributed by atoms with E-state index in [9.17, 15) is 9.90 Å². The molecule has 0 radical (unpaired) electrons. The van der Waals surface area contributed by atoms with Gasteiger partial charge in [0.2, 0.25) is 0 Å². The van der Waals surface area contributed by atoms with Crippen molar-refractivity contribution in [1.82, 2.24) is 0 Å². The SMILES string of the molecule is C[C@@H]1CC[C@@H]([C@@H](C)C(=O)[O-])C2=CC(C)(OO)CC[C@H]21. The zero-order valence-corrected chi connectivity index (χ0v) is 11.9. The third-order valence-electron chi connectivity index (χ3n) is 5.08. The topological polar surface area (TPSA) is 69.6 Å². The number of hydrogen-bond acceptors (Lipinski definition) is 4. The van der Waals surface area contributed by atoms with E-state index in [4.69, 9.17) is 5.26 Å². The van der Waals surface area contributed by atoms with Crippen LogP contribution in [0.4, 0.5) is 0 Å². The molecule has 4 nitrogen and oxygen atoms in total. The summed E-state index contributed by atoms with van der Waals surface area (Å²) in [5.74, 6) is -0.469. The van der Waals surface area contributed by atoms with Gasteiger partial charge in [0.15, 0.2) is 0 Å². The Balaban J connectivity index is 2.33. The lowest BCUT2D eigenvalue weighted by atomic mass is 9.62. The summed E-state index contributed by atoms with van der Waals surface area (Å²) in [6.07, 6.45) is 5.61. The lowest BCUT2D eigenvalue weighted by molar-refractivity contribution is -0.313. The van der Waals surface area contributed by atoms with Crippen molar-refractivity contribution in [3.63, 3.8) is 0 Å². The van der Waals surface area contributed by atoms with Crippen molar-refractivity contribution in [3.8, 4) is 0 Å². The molecule has 2 aliphatic rings. The number of fused-ring (bicyclic) bond motifs is 1. The fourth-order valence-corrected chi connectivity index (χ4v) is 3.72. The molecule has 0 aromatic carbocycles. The van der Waals surface area contributed by atoms with Crippen LogP contribution in [0.5, 0.6) is 0 Å². The molecule has 0 bridgehead atoms. The van der Waals surface area contributed by atoms with E-state index >= 15 is 0 Å². The summed E-state index contributed by atoms with van der Waals surface area (Å²) in [5.41, 5.74) is 0.477. The number of rotatable bonds is 3. The molecule has 0 amide bonds. The predicted octanol–water partition coefficient (Wildman–Crippen LogP) is 2.00. The second-order valence-corrected chi connectivity index (χ2v) is 6.46. The van der Waals surface area contributed by atoms with Gasteiger partial charge >= 0.3 is 0 Å². The van der Waals surface area contributed by atoms with Gasteiger partial charge in [0.25, 0.3) is 0 Å². The van der Waals surface area contributed by atoms with Crippen LogP contribution in [-0.2, 0) is 9.68 Å². The maximum absolute atomic E-state index is 11.2. The monoisotopic (exact) mass is 267 g/mol. The number of carboxylic acid groups (broad SMARTS) is 1. The molecule has 1 unspecified atom stereocenters. The average Bonchev–Trinajstić information content (AvgIpc) is 2.38. The summed E-state index contributed by atoms with van der Waals surface area (Å²) < 4.78 is 0. The molecule has 108 valence electrons. The molecule has 4 heteroatoms. The van der Waals surface area contributed by atoms with Gasteiger partial charge in [-0.05, 0) is 50.4 Å². The average molecular weight is 267 g/mol. The summed E-state index contributed by atoms with van der Waals surface area (Å²) in [6, 6.07) is 0. The van der Waals surface area contributed by atoms with E-state index in [1.807, 2.05) is 13.0 Å². The third-order valence-corrected chi connectivity index (χ3v) is 5.08. The number of carboxylic acids is 1. The first-order valence-corrected chi connectivity index (χ1v) is 7.14. The highest BCUT2D eigenvalue weighted by molar-refractivity contribution is 5.68. The van der Waals surface area contributed by atoms with Gasteiger partial charge < -0.3 is 9.90 Å². The van der Waals surface area contributed by atoms with Gasteiger partial charge in [0.1, 0.15) is 5.60 Å². The molecule has 1 N–H and O–H groups in total. The van der Waals surface area contributed by atoms with Crippen LogP contribution in [0.15, 0.2) is 11.6 Å². The number of hydrogen-bond donors (Lipinski definition) is 1. The van der Waals surface area contributed by atoms with E-state index in [0.29, 0.717) is 11.8 Å².